The van der Waals surface area contributed by atoms with E-state index in [-0.39, 0.29) is 18.3 Å². The van der Waals surface area contributed by atoms with E-state index in [1.54, 1.807) is 13.8 Å². The van der Waals surface area contributed by atoms with E-state index in [9.17, 15) is 9.59 Å². The summed E-state index contributed by atoms with van der Waals surface area (Å²) in [5.41, 5.74) is 1.92. The van der Waals surface area contributed by atoms with Crippen molar-refractivity contribution in [3.05, 3.63) is 0 Å². The van der Waals surface area contributed by atoms with Crippen LogP contribution in [0, 0.1) is 5.92 Å². The van der Waals surface area contributed by atoms with Gasteiger partial charge in [0.15, 0.2) is 0 Å². The first-order valence-corrected chi connectivity index (χ1v) is 2.57. The van der Waals surface area contributed by atoms with E-state index in [1.807, 2.05) is 5.48 Å². The fourth-order valence-corrected chi connectivity index (χ4v) is 0.200. The Morgan fingerprint density at radius 3 is 2.56 bits per heavy atom. The Kier molecular flexibility index (Phi) is 3.43. The zero-order chi connectivity index (χ0) is 7.28. The third-order valence-electron chi connectivity index (χ3n) is 0.732. The number of hydroxylamine groups is 1. The summed E-state index contributed by atoms with van der Waals surface area (Å²) in [5, 5.41) is 0. The number of hydrogen-bond donors (Lipinski definition) is 1. The second-order valence-corrected chi connectivity index (χ2v) is 1.84. The van der Waals surface area contributed by atoms with Crippen molar-refractivity contribution in [2.24, 2.45) is 5.92 Å². The molecule has 0 spiro atoms. The average Bonchev–Trinajstić information content (AvgIpc) is 1.82. The molecule has 0 aliphatic carbocycles. The topological polar surface area (TPSA) is 55.4 Å². The summed E-state index contributed by atoms with van der Waals surface area (Å²) < 4.78 is 0. The van der Waals surface area contributed by atoms with E-state index < -0.39 is 0 Å². The number of nitrogens with one attached hydrogen (secondary N) is 1. The summed E-state index contributed by atoms with van der Waals surface area (Å²) in [6.45, 7) is 3.56. The van der Waals surface area contributed by atoms with Gasteiger partial charge in [-0.1, -0.05) is 13.8 Å². The van der Waals surface area contributed by atoms with Crippen LogP contribution in [0.25, 0.3) is 0 Å². The van der Waals surface area contributed by atoms with Crippen LogP contribution >= 0.6 is 0 Å². The normalized spacial score (nSPS) is 8.78. The van der Waals surface area contributed by atoms with E-state index in [1.165, 1.54) is 0 Å². The molecule has 1 amide bonds. The lowest BCUT2D eigenvalue weighted by Gasteiger charge is -2.01. The Morgan fingerprint density at radius 2 is 2.22 bits per heavy atom. The summed E-state index contributed by atoms with van der Waals surface area (Å²) in [6, 6.07) is 0. The maximum absolute atomic E-state index is 10.5. The van der Waals surface area contributed by atoms with Gasteiger partial charge >= 0.3 is 6.47 Å². The van der Waals surface area contributed by atoms with Gasteiger partial charge in [0.05, 0.1) is 0 Å². The third kappa shape index (κ3) is 3.52. The van der Waals surface area contributed by atoms with Crippen molar-refractivity contribution in [3.8, 4) is 0 Å². The molecule has 0 atom stereocenters. The van der Waals surface area contributed by atoms with Crippen molar-refractivity contribution >= 4 is 12.4 Å². The lowest BCUT2D eigenvalue weighted by atomic mass is 10.2. The summed E-state index contributed by atoms with van der Waals surface area (Å²) in [4.78, 5) is 24.0. The molecule has 9 heavy (non-hydrogen) atoms. The standard InChI is InChI=1S/C5H9NO3/c1-4(2)5(8)6-9-3-7/h3-4H,1-2H3,(H,6,8). The van der Waals surface area contributed by atoms with Crippen molar-refractivity contribution < 1.29 is 14.4 Å². The number of hydrogen-bond acceptors (Lipinski definition) is 3. The second kappa shape index (κ2) is 3.88. The first kappa shape index (κ1) is 7.94. The van der Waals surface area contributed by atoms with E-state index in [0.29, 0.717) is 0 Å². The number of carbonyl (C=O) groups is 2. The first-order chi connectivity index (χ1) is 4.18. The Labute approximate surface area is 53.1 Å². The smallest absolute Gasteiger partial charge is 0.320 e. The summed E-state index contributed by atoms with van der Waals surface area (Å²) in [5.74, 6) is -0.466. The van der Waals surface area contributed by atoms with E-state index in [2.05, 4.69) is 4.84 Å². The predicted octanol–water partition coefficient (Wildman–Crippen LogP) is -0.153. The molecule has 0 aliphatic heterocycles. The van der Waals surface area contributed by atoms with Gasteiger partial charge in [0, 0.05) is 5.92 Å². The van der Waals surface area contributed by atoms with Crippen LogP contribution in [0.3, 0.4) is 0 Å². The van der Waals surface area contributed by atoms with Gasteiger partial charge in [-0.15, -0.1) is 0 Å². The molecule has 0 aromatic rings. The van der Waals surface area contributed by atoms with Crippen LogP contribution in [-0.2, 0) is 14.4 Å². The number of amides is 1. The quantitative estimate of drug-likeness (QED) is 0.428. The summed E-state index contributed by atoms with van der Waals surface area (Å²) >= 11 is 0. The van der Waals surface area contributed by atoms with Crippen molar-refractivity contribution in [2.45, 2.75) is 13.8 Å². The van der Waals surface area contributed by atoms with Crippen LogP contribution in [0.2, 0.25) is 0 Å². The van der Waals surface area contributed by atoms with Crippen LogP contribution in [0.5, 0.6) is 0 Å². The highest BCUT2D eigenvalue weighted by Crippen LogP contribution is 1.88. The molecule has 4 heteroatoms. The molecule has 0 bridgehead atoms. The fourth-order valence-electron chi connectivity index (χ4n) is 0.200. The number of carbonyl (C=O) groups excluding carboxylic acids is 2. The van der Waals surface area contributed by atoms with Gasteiger partial charge in [0.2, 0.25) is 0 Å². The van der Waals surface area contributed by atoms with Crippen LogP contribution in [0.4, 0.5) is 0 Å². The van der Waals surface area contributed by atoms with Crippen molar-refractivity contribution in [2.75, 3.05) is 0 Å². The van der Waals surface area contributed by atoms with Gasteiger partial charge in [0.25, 0.3) is 5.91 Å². The molecule has 0 aliphatic rings. The molecular weight excluding hydrogens is 122 g/mol. The molecule has 52 valence electrons. The molecule has 0 aromatic heterocycles. The maximum Gasteiger partial charge on any atom is 0.320 e. The number of rotatable bonds is 3. The second-order valence-electron chi connectivity index (χ2n) is 1.84. The maximum atomic E-state index is 10.5. The Bertz CT molecular complexity index is 111. The van der Waals surface area contributed by atoms with Crippen molar-refractivity contribution in [3.63, 3.8) is 0 Å². The Hall–Kier alpha value is -1.06. The zero-order valence-corrected chi connectivity index (χ0v) is 5.38. The van der Waals surface area contributed by atoms with Gasteiger partial charge < -0.3 is 4.84 Å². The molecule has 1 N–H and O–H groups in total. The van der Waals surface area contributed by atoms with Gasteiger partial charge in [0.1, 0.15) is 0 Å². The zero-order valence-electron chi connectivity index (χ0n) is 5.38. The van der Waals surface area contributed by atoms with Crippen LogP contribution in [-0.4, -0.2) is 12.4 Å². The highest BCUT2D eigenvalue weighted by molar-refractivity contribution is 5.77. The monoisotopic (exact) mass is 131 g/mol. The highest BCUT2D eigenvalue weighted by atomic mass is 16.7. The molecule has 0 rings (SSSR count). The molecule has 0 saturated carbocycles. The predicted molar refractivity (Wildman–Crippen MR) is 30.1 cm³/mol. The SMILES string of the molecule is CC(C)C(=O)NOC=O. The lowest BCUT2D eigenvalue weighted by Crippen LogP contribution is -2.27. The minimum atomic E-state index is -0.304. The van der Waals surface area contributed by atoms with Gasteiger partial charge in [-0.3, -0.25) is 9.59 Å². The van der Waals surface area contributed by atoms with Crippen LogP contribution in [0.1, 0.15) is 13.8 Å². The van der Waals surface area contributed by atoms with Gasteiger partial charge in [-0.25, -0.2) is 0 Å². The molecular formula is C5H9NO3. The minimum Gasteiger partial charge on any atom is -0.344 e. The van der Waals surface area contributed by atoms with Crippen LogP contribution in [0.15, 0.2) is 0 Å². The molecule has 0 heterocycles. The van der Waals surface area contributed by atoms with Crippen molar-refractivity contribution in [1.29, 1.82) is 0 Å². The third-order valence-corrected chi connectivity index (χ3v) is 0.732. The molecule has 0 fully saturated rings. The molecule has 0 aromatic carbocycles. The fraction of sp³-hybridized carbons (Fsp3) is 0.600. The average molecular weight is 131 g/mol. The van der Waals surface area contributed by atoms with Crippen molar-refractivity contribution in [1.82, 2.24) is 5.48 Å². The lowest BCUT2D eigenvalue weighted by molar-refractivity contribution is -0.148. The highest BCUT2D eigenvalue weighted by Gasteiger charge is 2.04. The summed E-state index contributed by atoms with van der Waals surface area (Å²) in [7, 11) is 0. The van der Waals surface area contributed by atoms with Gasteiger partial charge in [-0.05, 0) is 0 Å². The first-order valence-electron chi connectivity index (χ1n) is 2.57. The van der Waals surface area contributed by atoms with E-state index in [4.69, 9.17) is 0 Å². The summed E-state index contributed by atoms with van der Waals surface area (Å²) in [6.07, 6.45) is 0. The molecule has 4 nitrogen and oxygen atoms in total. The Morgan fingerprint density at radius 1 is 1.67 bits per heavy atom. The van der Waals surface area contributed by atoms with Gasteiger partial charge in [-0.2, -0.15) is 5.48 Å². The Balaban J connectivity index is 3.38. The molecule has 0 saturated heterocycles. The molecule has 0 radical (unpaired) electrons. The minimum absolute atomic E-state index is 0.162. The molecule has 0 unspecified atom stereocenters. The van der Waals surface area contributed by atoms with E-state index >= 15 is 0 Å². The largest absolute Gasteiger partial charge is 0.344 e. The van der Waals surface area contributed by atoms with Crippen LogP contribution < -0.4 is 5.48 Å². The van der Waals surface area contributed by atoms with E-state index in [0.717, 1.165) is 0 Å².